The standard InChI is InChI=1S/C17H22N2O4/c20-16(18-12-4-5-14-15(8-12)22-11-21-14)19-13-9-17(23-10-13)6-2-1-3-7-17/h4-5,8,13H,1-3,6-7,9-11H2,(H2,18,19,20)/t13-/m0/s1. The van der Waals surface area contributed by atoms with Crippen molar-refractivity contribution in [2.45, 2.75) is 50.2 Å². The van der Waals surface area contributed by atoms with Crippen molar-refractivity contribution in [1.82, 2.24) is 5.32 Å². The minimum atomic E-state index is -0.203. The Balaban J connectivity index is 1.32. The highest BCUT2D eigenvalue weighted by molar-refractivity contribution is 5.89. The molecule has 1 saturated heterocycles. The van der Waals surface area contributed by atoms with Gasteiger partial charge in [0.15, 0.2) is 11.5 Å². The van der Waals surface area contributed by atoms with Crippen LogP contribution in [0.1, 0.15) is 38.5 Å². The number of benzene rings is 1. The van der Waals surface area contributed by atoms with Gasteiger partial charge in [-0.15, -0.1) is 0 Å². The summed E-state index contributed by atoms with van der Waals surface area (Å²) in [6.45, 7) is 0.834. The number of fused-ring (bicyclic) bond motifs is 1. The number of carbonyl (C=O) groups is 1. The number of anilines is 1. The van der Waals surface area contributed by atoms with E-state index in [1.54, 1.807) is 18.2 Å². The monoisotopic (exact) mass is 318 g/mol. The molecule has 3 aliphatic rings. The summed E-state index contributed by atoms with van der Waals surface area (Å²) in [6.07, 6.45) is 6.92. The number of ether oxygens (including phenoxy) is 3. The summed E-state index contributed by atoms with van der Waals surface area (Å²) in [5.74, 6) is 1.37. The van der Waals surface area contributed by atoms with E-state index < -0.39 is 0 Å². The lowest BCUT2D eigenvalue weighted by Crippen LogP contribution is -2.39. The van der Waals surface area contributed by atoms with Crippen LogP contribution in [0.2, 0.25) is 0 Å². The Kier molecular flexibility index (Phi) is 3.77. The third kappa shape index (κ3) is 3.08. The fourth-order valence-corrected chi connectivity index (χ4v) is 3.81. The van der Waals surface area contributed by atoms with Gasteiger partial charge in [0, 0.05) is 11.8 Å². The zero-order chi connectivity index (χ0) is 15.7. The van der Waals surface area contributed by atoms with Gasteiger partial charge in [0.25, 0.3) is 0 Å². The van der Waals surface area contributed by atoms with E-state index in [1.165, 1.54) is 19.3 Å². The van der Waals surface area contributed by atoms with Crippen LogP contribution in [-0.4, -0.2) is 31.1 Å². The number of rotatable bonds is 2. The maximum Gasteiger partial charge on any atom is 0.319 e. The van der Waals surface area contributed by atoms with Gasteiger partial charge in [-0.05, 0) is 31.4 Å². The lowest BCUT2D eigenvalue weighted by Gasteiger charge is -2.32. The average molecular weight is 318 g/mol. The predicted molar refractivity (Wildman–Crippen MR) is 84.9 cm³/mol. The Hall–Kier alpha value is -1.95. The van der Waals surface area contributed by atoms with Crippen LogP contribution in [0, 0.1) is 0 Å². The summed E-state index contributed by atoms with van der Waals surface area (Å²) in [4.78, 5) is 12.2. The number of hydrogen-bond donors (Lipinski definition) is 2. The third-order valence-electron chi connectivity index (χ3n) is 4.94. The quantitative estimate of drug-likeness (QED) is 0.879. The first kappa shape index (κ1) is 14.6. The zero-order valence-corrected chi connectivity index (χ0v) is 13.1. The van der Waals surface area contributed by atoms with E-state index in [-0.39, 0.29) is 24.5 Å². The van der Waals surface area contributed by atoms with Gasteiger partial charge in [-0.2, -0.15) is 0 Å². The van der Waals surface area contributed by atoms with Crippen molar-refractivity contribution < 1.29 is 19.0 Å². The van der Waals surface area contributed by atoms with Crippen molar-refractivity contribution in [3.8, 4) is 11.5 Å². The summed E-state index contributed by atoms with van der Waals surface area (Å²) in [5.41, 5.74) is 0.702. The number of urea groups is 1. The summed E-state index contributed by atoms with van der Waals surface area (Å²) >= 11 is 0. The number of nitrogens with one attached hydrogen (secondary N) is 2. The van der Waals surface area contributed by atoms with Crippen LogP contribution in [0.4, 0.5) is 10.5 Å². The Morgan fingerprint density at radius 3 is 2.83 bits per heavy atom. The zero-order valence-electron chi connectivity index (χ0n) is 13.1. The Labute approximate surface area is 135 Å². The normalized spacial score (nSPS) is 24.6. The lowest BCUT2D eigenvalue weighted by molar-refractivity contribution is -0.0245. The first-order valence-corrected chi connectivity index (χ1v) is 8.34. The van der Waals surface area contributed by atoms with Crippen LogP contribution in [0.3, 0.4) is 0 Å². The average Bonchev–Trinajstić information content (AvgIpc) is 3.15. The lowest BCUT2D eigenvalue weighted by atomic mass is 9.82. The van der Waals surface area contributed by atoms with Gasteiger partial charge in [0.05, 0.1) is 18.2 Å². The summed E-state index contributed by atoms with van der Waals surface area (Å²) in [7, 11) is 0. The Bertz CT molecular complexity index is 598. The van der Waals surface area contributed by atoms with Crippen molar-refractivity contribution >= 4 is 11.7 Å². The first-order chi connectivity index (χ1) is 11.2. The van der Waals surface area contributed by atoms with Gasteiger partial charge < -0.3 is 24.8 Å². The first-order valence-electron chi connectivity index (χ1n) is 8.34. The molecular formula is C17H22N2O4. The molecule has 1 spiro atoms. The van der Waals surface area contributed by atoms with E-state index in [0.29, 0.717) is 23.8 Å². The molecular weight excluding hydrogens is 296 g/mol. The molecule has 2 amide bonds. The second kappa shape index (κ2) is 5.92. The van der Waals surface area contributed by atoms with E-state index in [4.69, 9.17) is 14.2 Å². The van der Waals surface area contributed by atoms with Crippen LogP contribution in [0.25, 0.3) is 0 Å². The second-order valence-electron chi connectivity index (χ2n) is 6.62. The fraction of sp³-hybridized carbons (Fsp3) is 0.588. The highest BCUT2D eigenvalue weighted by atomic mass is 16.7. The van der Waals surface area contributed by atoms with Crippen molar-refractivity contribution in [2.24, 2.45) is 0 Å². The van der Waals surface area contributed by atoms with Gasteiger partial charge >= 0.3 is 6.03 Å². The SMILES string of the molecule is O=C(Nc1ccc2c(c1)OCO2)N[C@@H]1COC2(CCCCC2)C1. The third-order valence-corrected chi connectivity index (χ3v) is 4.94. The van der Waals surface area contributed by atoms with E-state index in [2.05, 4.69) is 10.6 Å². The molecule has 1 aromatic carbocycles. The Morgan fingerprint density at radius 1 is 1.13 bits per heavy atom. The van der Waals surface area contributed by atoms with E-state index in [0.717, 1.165) is 19.3 Å². The van der Waals surface area contributed by atoms with Crippen LogP contribution in [-0.2, 0) is 4.74 Å². The maximum absolute atomic E-state index is 12.2. The molecule has 2 N–H and O–H groups in total. The molecule has 0 radical (unpaired) electrons. The van der Waals surface area contributed by atoms with Crippen LogP contribution in [0.15, 0.2) is 18.2 Å². The molecule has 1 aromatic rings. The van der Waals surface area contributed by atoms with Gasteiger partial charge in [-0.1, -0.05) is 19.3 Å². The summed E-state index contributed by atoms with van der Waals surface area (Å²) < 4.78 is 16.6. The molecule has 1 atom stereocenters. The molecule has 6 nitrogen and oxygen atoms in total. The highest BCUT2D eigenvalue weighted by Gasteiger charge is 2.41. The van der Waals surface area contributed by atoms with Crippen molar-refractivity contribution in [1.29, 1.82) is 0 Å². The molecule has 6 heteroatoms. The number of hydrogen-bond acceptors (Lipinski definition) is 4. The van der Waals surface area contributed by atoms with Crippen LogP contribution in [0.5, 0.6) is 11.5 Å². The van der Waals surface area contributed by atoms with Gasteiger partial charge in [-0.25, -0.2) is 4.79 Å². The minimum absolute atomic E-state index is 0.00887. The van der Waals surface area contributed by atoms with Crippen LogP contribution < -0.4 is 20.1 Å². The van der Waals surface area contributed by atoms with E-state index >= 15 is 0 Å². The minimum Gasteiger partial charge on any atom is -0.454 e. The summed E-state index contributed by atoms with van der Waals surface area (Å²) in [5, 5.41) is 5.87. The topological polar surface area (TPSA) is 68.8 Å². The predicted octanol–water partition coefficient (Wildman–Crippen LogP) is 3.03. The number of amides is 2. The van der Waals surface area contributed by atoms with Gasteiger partial charge in [0.1, 0.15) is 0 Å². The molecule has 1 aliphatic carbocycles. The largest absolute Gasteiger partial charge is 0.454 e. The molecule has 0 bridgehead atoms. The second-order valence-corrected chi connectivity index (χ2v) is 6.62. The maximum atomic E-state index is 12.2. The van der Waals surface area contributed by atoms with Crippen LogP contribution >= 0.6 is 0 Å². The fourth-order valence-electron chi connectivity index (χ4n) is 3.81. The molecule has 0 aromatic heterocycles. The molecule has 2 aliphatic heterocycles. The van der Waals surface area contributed by atoms with Gasteiger partial charge in [0.2, 0.25) is 6.79 Å². The molecule has 23 heavy (non-hydrogen) atoms. The molecule has 0 unspecified atom stereocenters. The molecule has 4 rings (SSSR count). The Morgan fingerprint density at radius 2 is 1.96 bits per heavy atom. The van der Waals surface area contributed by atoms with Crippen molar-refractivity contribution in [3.63, 3.8) is 0 Å². The van der Waals surface area contributed by atoms with E-state index in [9.17, 15) is 4.79 Å². The van der Waals surface area contributed by atoms with Gasteiger partial charge in [-0.3, -0.25) is 0 Å². The molecule has 2 heterocycles. The van der Waals surface area contributed by atoms with E-state index in [1.807, 2.05) is 0 Å². The van der Waals surface area contributed by atoms with Crippen molar-refractivity contribution in [2.75, 3.05) is 18.7 Å². The molecule has 124 valence electrons. The molecule has 1 saturated carbocycles. The summed E-state index contributed by atoms with van der Waals surface area (Å²) in [6, 6.07) is 5.26. The molecule has 2 fully saturated rings. The highest BCUT2D eigenvalue weighted by Crippen LogP contribution is 2.39. The smallest absolute Gasteiger partial charge is 0.319 e. The number of carbonyl (C=O) groups excluding carboxylic acids is 1. The van der Waals surface area contributed by atoms with Crippen molar-refractivity contribution in [3.05, 3.63) is 18.2 Å².